The fraction of sp³-hybridized carbons (Fsp3) is 0.533. The molecule has 0 unspecified atom stereocenters. The summed E-state index contributed by atoms with van der Waals surface area (Å²) in [7, 11) is 0. The van der Waals surface area contributed by atoms with E-state index in [-0.39, 0.29) is 17.0 Å². The van der Waals surface area contributed by atoms with Crippen LogP contribution >= 0.6 is 0 Å². The zero-order valence-electron chi connectivity index (χ0n) is 11.6. The van der Waals surface area contributed by atoms with Crippen LogP contribution in [0, 0.1) is 11.2 Å². The van der Waals surface area contributed by atoms with E-state index < -0.39 is 5.82 Å². The molecule has 1 fully saturated rings. The molecule has 1 saturated heterocycles. The van der Waals surface area contributed by atoms with Crippen molar-refractivity contribution in [1.82, 2.24) is 4.90 Å². The first-order valence-electron chi connectivity index (χ1n) is 6.70. The Morgan fingerprint density at radius 2 is 2.11 bits per heavy atom. The largest absolute Gasteiger partial charge is 0.396 e. The predicted octanol–water partition coefficient (Wildman–Crippen LogP) is 2.95. The van der Waals surface area contributed by atoms with E-state index in [2.05, 4.69) is 13.8 Å². The maximum absolute atomic E-state index is 13.9. The van der Waals surface area contributed by atoms with Crippen LogP contribution in [0.15, 0.2) is 18.2 Å². The molecular weight excluding hydrogens is 243 g/mol. The molecule has 0 aromatic heterocycles. The van der Waals surface area contributed by atoms with Gasteiger partial charge in [0, 0.05) is 25.1 Å². The van der Waals surface area contributed by atoms with Crippen molar-refractivity contribution in [3.05, 3.63) is 29.6 Å². The Kier molecular flexibility index (Phi) is 3.78. The van der Waals surface area contributed by atoms with Crippen LogP contribution in [0.25, 0.3) is 0 Å². The molecule has 0 atom stereocenters. The molecule has 0 aliphatic carbocycles. The van der Waals surface area contributed by atoms with E-state index >= 15 is 0 Å². The van der Waals surface area contributed by atoms with Crippen LogP contribution in [-0.2, 0) is 11.3 Å². The SMILES string of the molecule is CC1(C)CCC(=O)N(Cc2cccc(N)c2F)CC1. The van der Waals surface area contributed by atoms with E-state index in [9.17, 15) is 9.18 Å². The van der Waals surface area contributed by atoms with Gasteiger partial charge in [-0.05, 0) is 24.3 Å². The number of hydrogen-bond acceptors (Lipinski definition) is 2. The van der Waals surface area contributed by atoms with Crippen LogP contribution in [0.3, 0.4) is 0 Å². The van der Waals surface area contributed by atoms with Gasteiger partial charge in [-0.3, -0.25) is 4.79 Å². The van der Waals surface area contributed by atoms with Crippen LogP contribution in [0.5, 0.6) is 0 Å². The molecule has 4 heteroatoms. The van der Waals surface area contributed by atoms with E-state index in [1.54, 1.807) is 17.0 Å². The summed E-state index contributed by atoms with van der Waals surface area (Å²) >= 11 is 0. The first kappa shape index (κ1) is 13.8. The van der Waals surface area contributed by atoms with Gasteiger partial charge in [0.15, 0.2) is 5.82 Å². The number of benzene rings is 1. The molecular formula is C15H21FN2O. The number of carbonyl (C=O) groups is 1. The summed E-state index contributed by atoms with van der Waals surface area (Å²) in [6.45, 7) is 5.33. The van der Waals surface area contributed by atoms with Crippen LogP contribution in [0.4, 0.5) is 10.1 Å². The number of hydrogen-bond donors (Lipinski definition) is 1. The highest BCUT2D eigenvalue weighted by Gasteiger charge is 2.27. The number of carbonyl (C=O) groups excluding carboxylic acids is 1. The maximum Gasteiger partial charge on any atom is 0.222 e. The van der Waals surface area contributed by atoms with Gasteiger partial charge in [-0.1, -0.05) is 26.0 Å². The normalized spacial score (nSPS) is 19.3. The van der Waals surface area contributed by atoms with E-state index in [0.29, 0.717) is 25.1 Å². The Bertz CT molecular complexity index is 485. The number of nitrogens with two attached hydrogens (primary N) is 1. The molecule has 0 radical (unpaired) electrons. The smallest absolute Gasteiger partial charge is 0.222 e. The van der Waals surface area contributed by atoms with Crippen molar-refractivity contribution in [2.24, 2.45) is 5.41 Å². The summed E-state index contributed by atoms with van der Waals surface area (Å²) in [4.78, 5) is 13.8. The zero-order chi connectivity index (χ0) is 14.0. The van der Waals surface area contributed by atoms with Crippen molar-refractivity contribution in [1.29, 1.82) is 0 Å². The van der Waals surface area contributed by atoms with Gasteiger partial charge in [-0.25, -0.2) is 4.39 Å². The van der Waals surface area contributed by atoms with Crippen LogP contribution in [0.1, 0.15) is 38.7 Å². The lowest BCUT2D eigenvalue weighted by atomic mass is 9.85. The van der Waals surface area contributed by atoms with E-state index in [1.165, 1.54) is 6.07 Å². The van der Waals surface area contributed by atoms with Gasteiger partial charge in [0.2, 0.25) is 5.91 Å². The minimum absolute atomic E-state index is 0.104. The third-order valence-electron chi connectivity index (χ3n) is 3.90. The number of nitrogens with zero attached hydrogens (tertiary/aromatic N) is 1. The summed E-state index contributed by atoms with van der Waals surface area (Å²) in [5.74, 6) is -0.300. The first-order chi connectivity index (χ1) is 8.89. The Labute approximate surface area is 113 Å². The number of likely N-dealkylation sites (tertiary alicyclic amines) is 1. The molecule has 1 amide bonds. The van der Waals surface area contributed by atoms with Crippen molar-refractivity contribution in [3.63, 3.8) is 0 Å². The second kappa shape index (κ2) is 5.19. The Hall–Kier alpha value is -1.58. The lowest BCUT2D eigenvalue weighted by molar-refractivity contribution is -0.131. The second-order valence-corrected chi connectivity index (χ2v) is 6.05. The van der Waals surface area contributed by atoms with Gasteiger partial charge >= 0.3 is 0 Å². The van der Waals surface area contributed by atoms with Gasteiger partial charge in [0.05, 0.1) is 5.69 Å². The Morgan fingerprint density at radius 3 is 2.84 bits per heavy atom. The highest BCUT2D eigenvalue weighted by atomic mass is 19.1. The molecule has 0 bridgehead atoms. The Morgan fingerprint density at radius 1 is 1.37 bits per heavy atom. The van der Waals surface area contributed by atoms with Gasteiger partial charge < -0.3 is 10.6 Å². The number of nitrogen functional groups attached to an aromatic ring is 1. The molecule has 1 aromatic rings. The van der Waals surface area contributed by atoms with Crippen LogP contribution in [-0.4, -0.2) is 17.4 Å². The fourth-order valence-electron chi connectivity index (χ4n) is 2.39. The van der Waals surface area contributed by atoms with E-state index in [1.807, 2.05) is 0 Å². The molecule has 0 saturated carbocycles. The average Bonchev–Trinajstić information content (AvgIpc) is 2.48. The van der Waals surface area contributed by atoms with Crippen molar-refractivity contribution in [2.45, 2.75) is 39.7 Å². The van der Waals surface area contributed by atoms with Gasteiger partial charge in [-0.15, -0.1) is 0 Å². The maximum atomic E-state index is 13.9. The molecule has 2 N–H and O–H groups in total. The summed E-state index contributed by atoms with van der Waals surface area (Å²) in [5, 5.41) is 0. The lowest BCUT2D eigenvalue weighted by Gasteiger charge is -2.23. The molecule has 2 rings (SSSR count). The summed E-state index contributed by atoms with van der Waals surface area (Å²) < 4.78 is 13.9. The zero-order valence-corrected chi connectivity index (χ0v) is 11.6. The minimum Gasteiger partial charge on any atom is -0.396 e. The Balaban J connectivity index is 2.14. The molecule has 104 valence electrons. The number of amides is 1. The van der Waals surface area contributed by atoms with Crippen LogP contribution in [0.2, 0.25) is 0 Å². The lowest BCUT2D eigenvalue weighted by Crippen LogP contribution is -2.30. The number of anilines is 1. The number of rotatable bonds is 2. The second-order valence-electron chi connectivity index (χ2n) is 6.05. The summed E-state index contributed by atoms with van der Waals surface area (Å²) in [6.07, 6.45) is 2.38. The molecule has 1 aliphatic heterocycles. The first-order valence-corrected chi connectivity index (χ1v) is 6.70. The minimum atomic E-state index is -0.404. The predicted molar refractivity (Wildman–Crippen MR) is 73.9 cm³/mol. The molecule has 0 spiro atoms. The fourth-order valence-corrected chi connectivity index (χ4v) is 2.39. The molecule has 1 heterocycles. The average molecular weight is 264 g/mol. The van der Waals surface area contributed by atoms with Crippen molar-refractivity contribution in [3.8, 4) is 0 Å². The third-order valence-corrected chi connectivity index (χ3v) is 3.90. The highest BCUT2D eigenvalue weighted by molar-refractivity contribution is 5.76. The van der Waals surface area contributed by atoms with E-state index in [4.69, 9.17) is 5.73 Å². The highest BCUT2D eigenvalue weighted by Crippen LogP contribution is 2.31. The van der Waals surface area contributed by atoms with Crippen molar-refractivity contribution in [2.75, 3.05) is 12.3 Å². The van der Waals surface area contributed by atoms with Gasteiger partial charge in [0.1, 0.15) is 0 Å². The number of halogens is 1. The summed E-state index contributed by atoms with van der Waals surface area (Å²) in [6, 6.07) is 4.95. The summed E-state index contributed by atoms with van der Waals surface area (Å²) in [5.41, 5.74) is 6.37. The standard InChI is InChI=1S/C15H21FN2O/c1-15(2)7-6-13(19)18(9-8-15)10-11-4-3-5-12(17)14(11)16/h3-5H,6-10,17H2,1-2H3. The molecule has 1 aromatic carbocycles. The van der Waals surface area contributed by atoms with Crippen LogP contribution < -0.4 is 5.73 Å². The quantitative estimate of drug-likeness (QED) is 0.835. The van der Waals surface area contributed by atoms with Crippen molar-refractivity contribution < 1.29 is 9.18 Å². The third kappa shape index (κ3) is 3.25. The van der Waals surface area contributed by atoms with Crippen molar-refractivity contribution >= 4 is 11.6 Å². The molecule has 3 nitrogen and oxygen atoms in total. The topological polar surface area (TPSA) is 46.3 Å². The molecule has 1 aliphatic rings. The van der Waals surface area contributed by atoms with Gasteiger partial charge in [-0.2, -0.15) is 0 Å². The van der Waals surface area contributed by atoms with Gasteiger partial charge in [0.25, 0.3) is 0 Å². The molecule has 19 heavy (non-hydrogen) atoms. The monoisotopic (exact) mass is 264 g/mol. The van der Waals surface area contributed by atoms with E-state index in [0.717, 1.165) is 12.8 Å².